The van der Waals surface area contributed by atoms with Crippen LogP contribution in [0.1, 0.15) is 20.9 Å². The number of para-hydroxylation sites is 1. The minimum atomic E-state index is -0.460. The van der Waals surface area contributed by atoms with Crippen molar-refractivity contribution in [1.29, 1.82) is 0 Å². The quantitative estimate of drug-likeness (QED) is 0.381. The van der Waals surface area contributed by atoms with Crippen molar-refractivity contribution in [2.45, 2.75) is 0 Å². The molecule has 2 N–H and O–H groups in total. The summed E-state index contributed by atoms with van der Waals surface area (Å²) in [5.41, 5.74) is 1.54. The van der Waals surface area contributed by atoms with E-state index in [0.29, 0.717) is 17.2 Å². The van der Waals surface area contributed by atoms with Crippen LogP contribution in [-0.2, 0) is 0 Å². The van der Waals surface area contributed by atoms with Gasteiger partial charge in [-0.3, -0.25) is 9.59 Å². The number of nitrogens with one attached hydrogen (secondary N) is 2. The second kappa shape index (κ2) is 8.91. The van der Waals surface area contributed by atoms with Crippen molar-refractivity contribution < 1.29 is 18.4 Å². The molecule has 0 spiro atoms. The molecule has 0 aliphatic carbocycles. The Bertz CT molecular complexity index is 1440. The summed E-state index contributed by atoms with van der Waals surface area (Å²) in [7, 11) is 0. The second-order valence-corrected chi connectivity index (χ2v) is 7.30. The molecule has 168 valence electrons. The Labute approximate surface area is 193 Å². The minimum absolute atomic E-state index is 0.196. The molecule has 0 unspecified atom stereocenters. The van der Waals surface area contributed by atoms with Gasteiger partial charge < -0.3 is 19.6 Å². The highest BCUT2D eigenvalue weighted by molar-refractivity contribution is 6.07. The SMILES string of the molecule is O=C(Nc1ccc(NC(=O)c2cnn(-c3ccccc3F)c2-n2cccc2)cc1)c1ccco1. The molecule has 2 aromatic carbocycles. The van der Waals surface area contributed by atoms with Crippen LogP contribution in [0.2, 0.25) is 0 Å². The van der Waals surface area contributed by atoms with Gasteiger partial charge in [0.2, 0.25) is 0 Å². The third kappa shape index (κ3) is 4.09. The van der Waals surface area contributed by atoms with Crippen LogP contribution in [0.25, 0.3) is 11.5 Å². The molecule has 0 atom stereocenters. The predicted octanol–water partition coefficient (Wildman–Crippen LogP) is 4.90. The molecule has 5 aromatic rings. The molecule has 2 amide bonds. The summed E-state index contributed by atoms with van der Waals surface area (Å²) in [5, 5.41) is 9.81. The van der Waals surface area contributed by atoms with Crippen molar-refractivity contribution in [3.63, 3.8) is 0 Å². The van der Waals surface area contributed by atoms with Crippen LogP contribution in [0.15, 0.2) is 102 Å². The standard InChI is InChI=1S/C25H18FN5O3/c26-20-6-1-2-7-21(20)31-25(30-13-3-4-14-30)19(16-27-31)23(32)28-17-9-11-18(12-10-17)29-24(33)22-8-5-15-34-22/h1-16H,(H,28,32)(H,29,33). The van der Waals surface area contributed by atoms with E-state index in [0.717, 1.165) is 0 Å². The maximum Gasteiger partial charge on any atom is 0.291 e. The fourth-order valence-corrected chi connectivity index (χ4v) is 3.46. The average Bonchev–Trinajstić information content (AvgIpc) is 3.62. The molecule has 0 aliphatic heterocycles. The Morgan fingerprint density at radius 2 is 1.50 bits per heavy atom. The van der Waals surface area contributed by atoms with E-state index in [-0.39, 0.29) is 22.9 Å². The Morgan fingerprint density at radius 1 is 0.824 bits per heavy atom. The van der Waals surface area contributed by atoms with Crippen LogP contribution in [0, 0.1) is 5.82 Å². The van der Waals surface area contributed by atoms with E-state index < -0.39 is 11.7 Å². The Hall–Kier alpha value is -4.92. The molecule has 0 fully saturated rings. The number of nitrogens with zero attached hydrogens (tertiary/aromatic N) is 3. The van der Waals surface area contributed by atoms with Gasteiger partial charge in [0.25, 0.3) is 11.8 Å². The number of amides is 2. The summed E-state index contributed by atoms with van der Waals surface area (Å²) >= 11 is 0. The minimum Gasteiger partial charge on any atom is -0.459 e. The summed E-state index contributed by atoms with van der Waals surface area (Å²) < 4.78 is 22.6. The van der Waals surface area contributed by atoms with E-state index in [9.17, 15) is 14.0 Å². The molecule has 3 heterocycles. The van der Waals surface area contributed by atoms with E-state index >= 15 is 0 Å². The van der Waals surface area contributed by atoms with Gasteiger partial charge in [-0.05, 0) is 60.7 Å². The highest BCUT2D eigenvalue weighted by Gasteiger charge is 2.21. The maximum absolute atomic E-state index is 14.5. The first-order valence-corrected chi connectivity index (χ1v) is 10.3. The van der Waals surface area contributed by atoms with Gasteiger partial charge in [-0.15, -0.1) is 0 Å². The van der Waals surface area contributed by atoms with Gasteiger partial charge >= 0.3 is 0 Å². The first kappa shape index (κ1) is 21.0. The zero-order chi connectivity index (χ0) is 23.5. The van der Waals surface area contributed by atoms with Crippen molar-refractivity contribution in [3.8, 4) is 11.5 Å². The molecule has 8 nitrogen and oxygen atoms in total. The molecule has 0 bridgehead atoms. The van der Waals surface area contributed by atoms with E-state index in [1.165, 1.54) is 23.2 Å². The van der Waals surface area contributed by atoms with Crippen LogP contribution in [-0.4, -0.2) is 26.2 Å². The molecule has 0 radical (unpaired) electrons. The lowest BCUT2D eigenvalue weighted by Gasteiger charge is -2.12. The molecular formula is C25H18FN5O3. The van der Waals surface area contributed by atoms with E-state index in [1.54, 1.807) is 83.7 Å². The van der Waals surface area contributed by atoms with E-state index in [1.807, 2.05) is 0 Å². The third-order valence-corrected chi connectivity index (χ3v) is 5.06. The fourth-order valence-electron chi connectivity index (χ4n) is 3.46. The molecule has 0 saturated heterocycles. The highest BCUT2D eigenvalue weighted by atomic mass is 19.1. The maximum atomic E-state index is 14.5. The molecular weight excluding hydrogens is 437 g/mol. The summed E-state index contributed by atoms with van der Waals surface area (Å²) in [5.74, 6) is -0.660. The Kier molecular flexibility index (Phi) is 5.49. The summed E-state index contributed by atoms with van der Waals surface area (Å²) in [6, 6.07) is 19.6. The van der Waals surface area contributed by atoms with E-state index in [4.69, 9.17) is 4.42 Å². The largest absolute Gasteiger partial charge is 0.459 e. The number of hydrogen-bond acceptors (Lipinski definition) is 4. The zero-order valence-corrected chi connectivity index (χ0v) is 17.7. The van der Waals surface area contributed by atoms with Crippen molar-refractivity contribution in [2.24, 2.45) is 0 Å². The number of aromatic nitrogens is 3. The van der Waals surface area contributed by atoms with Crippen LogP contribution in [0.5, 0.6) is 0 Å². The first-order valence-electron chi connectivity index (χ1n) is 10.3. The highest BCUT2D eigenvalue weighted by Crippen LogP contribution is 2.23. The molecule has 3 aromatic heterocycles. The summed E-state index contributed by atoms with van der Waals surface area (Å²) in [4.78, 5) is 25.2. The monoisotopic (exact) mass is 455 g/mol. The van der Waals surface area contributed by atoms with Crippen LogP contribution >= 0.6 is 0 Å². The number of rotatable bonds is 6. The Morgan fingerprint density at radius 3 is 2.15 bits per heavy atom. The predicted molar refractivity (Wildman–Crippen MR) is 124 cm³/mol. The number of furan rings is 1. The number of benzene rings is 2. The van der Waals surface area contributed by atoms with Gasteiger partial charge in [-0.25, -0.2) is 9.07 Å². The van der Waals surface area contributed by atoms with Crippen molar-refractivity contribution >= 4 is 23.2 Å². The fraction of sp³-hybridized carbons (Fsp3) is 0. The molecule has 9 heteroatoms. The lowest BCUT2D eigenvalue weighted by atomic mass is 10.2. The third-order valence-electron chi connectivity index (χ3n) is 5.06. The molecule has 5 rings (SSSR count). The number of carbonyl (C=O) groups excluding carboxylic acids is 2. The first-order chi connectivity index (χ1) is 16.6. The van der Waals surface area contributed by atoms with Gasteiger partial charge in [0.15, 0.2) is 11.6 Å². The molecule has 0 aliphatic rings. The van der Waals surface area contributed by atoms with Crippen LogP contribution < -0.4 is 10.6 Å². The zero-order valence-electron chi connectivity index (χ0n) is 17.7. The average molecular weight is 455 g/mol. The van der Waals surface area contributed by atoms with Crippen LogP contribution in [0.3, 0.4) is 0 Å². The van der Waals surface area contributed by atoms with Gasteiger partial charge in [0.1, 0.15) is 17.1 Å². The van der Waals surface area contributed by atoms with Crippen LogP contribution in [0.4, 0.5) is 15.8 Å². The normalized spacial score (nSPS) is 10.7. The van der Waals surface area contributed by atoms with Crippen molar-refractivity contribution in [1.82, 2.24) is 14.3 Å². The van der Waals surface area contributed by atoms with Gasteiger partial charge in [-0.2, -0.15) is 5.10 Å². The molecule has 34 heavy (non-hydrogen) atoms. The van der Waals surface area contributed by atoms with Gasteiger partial charge in [0.05, 0.1) is 12.5 Å². The smallest absolute Gasteiger partial charge is 0.291 e. The van der Waals surface area contributed by atoms with E-state index in [2.05, 4.69) is 15.7 Å². The number of anilines is 2. The topological polar surface area (TPSA) is 94.1 Å². The number of hydrogen-bond donors (Lipinski definition) is 2. The molecule has 0 saturated carbocycles. The van der Waals surface area contributed by atoms with Gasteiger partial charge in [-0.1, -0.05) is 12.1 Å². The van der Waals surface area contributed by atoms with Crippen molar-refractivity contribution in [3.05, 3.63) is 115 Å². The summed E-state index contributed by atoms with van der Waals surface area (Å²) in [6.45, 7) is 0. The second-order valence-electron chi connectivity index (χ2n) is 7.30. The lowest BCUT2D eigenvalue weighted by molar-refractivity contribution is 0.0994. The number of halogens is 1. The lowest BCUT2D eigenvalue weighted by Crippen LogP contribution is -2.16. The summed E-state index contributed by atoms with van der Waals surface area (Å²) in [6.07, 6.45) is 6.32. The van der Waals surface area contributed by atoms with Crippen molar-refractivity contribution in [2.75, 3.05) is 10.6 Å². The number of carbonyl (C=O) groups is 2. The Balaban J connectivity index is 1.39. The van der Waals surface area contributed by atoms with Gasteiger partial charge in [0, 0.05) is 23.8 Å².